The summed E-state index contributed by atoms with van der Waals surface area (Å²) in [6.45, 7) is 9.04. The number of piperidine rings is 2. The van der Waals surface area contributed by atoms with E-state index in [1.807, 2.05) is 0 Å². The third-order valence-electron chi connectivity index (χ3n) is 4.45. The van der Waals surface area contributed by atoms with Crippen LogP contribution in [0.3, 0.4) is 0 Å². The number of hydrogen-bond donors (Lipinski definition) is 3. The summed E-state index contributed by atoms with van der Waals surface area (Å²) in [4.78, 5) is 2.38. The molecule has 0 bridgehead atoms. The number of β-amino-alcohol motifs (C(OH)–C–C–N with tert-alkyl or cyclic N) is 1. The fourth-order valence-corrected chi connectivity index (χ4v) is 2.95. The number of hydrogen-bond acceptors (Lipinski definition) is 5. The third-order valence-corrected chi connectivity index (χ3v) is 4.45. The Morgan fingerprint density at radius 2 is 1.74 bits per heavy atom. The van der Waals surface area contributed by atoms with Crippen LogP contribution >= 0.6 is 0 Å². The van der Waals surface area contributed by atoms with Crippen LogP contribution in [0.4, 0.5) is 0 Å². The van der Waals surface area contributed by atoms with Crippen molar-refractivity contribution in [1.82, 2.24) is 15.3 Å². The zero-order valence-electron chi connectivity index (χ0n) is 12.3. The first kappa shape index (κ1) is 15.2. The van der Waals surface area contributed by atoms with Gasteiger partial charge in [-0.15, -0.1) is 0 Å². The maximum absolute atomic E-state index is 9.79. The van der Waals surface area contributed by atoms with Crippen LogP contribution in [0, 0.1) is 0 Å². The predicted molar refractivity (Wildman–Crippen MR) is 75.7 cm³/mol. The Bertz CT molecular complexity index is 278. The van der Waals surface area contributed by atoms with Gasteiger partial charge in [-0.25, -0.2) is 5.01 Å². The van der Waals surface area contributed by atoms with Crippen LogP contribution < -0.4 is 5.43 Å². The Morgan fingerprint density at radius 1 is 1.05 bits per heavy atom. The highest BCUT2D eigenvalue weighted by atomic mass is 16.3. The van der Waals surface area contributed by atoms with Crippen molar-refractivity contribution in [2.45, 2.75) is 57.3 Å². The Labute approximate surface area is 116 Å². The lowest BCUT2D eigenvalue weighted by molar-refractivity contribution is -0.00226. The quantitative estimate of drug-likeness (QED) is 0.681. The molecular weight excluding hydrogens is 242 g/mol. The molecule has 0 spiro atoms. The summed E-state index contributed by atoms with van der Waals surface area (Å²) in [5.41, 5.74) is 3.55. The first-order valence-electron chi connectivity index (χ1n) is 7.57. The van der Waals surface area contributed by atoms with E-state index in [9.17, 15) is 10.2 Å². The van der Waals surface area contributed by atoms with E-state index in [0.717, 1.165) is 58.4 Å². The van der Waals surface area contributed by atoms with Crippen molar-refractivity contribution < 1.29 is 10.2 Å². The molecule has 5 heteroatoms. The largest absolute Gasteiger partial charge is 0.393 e. The molecule has 2 aliphatic heterocycles. The van der Waals surface area contributed by atoms with Crippen LogP contribution in [0.1, 0.15) is 39.5 Å². The Hall–Kier alpha value is -0.200. The summed E-state index contributed by atoms with van der Waals surface area (Å²) >= 11 is 0. The fourth-order valence-electron chi connectivity index (χ4n) is 2.95. The predicted octanol–water partition coefficient (Wildman–Crippen LogP) is 0.183. The highest BCUT2D eigenvalue weighted by molar-refractivity contribution is 4.87. The van der Waals surface area contributed by atoms with E-state index in [0.29, 0.717) is 0 Å². The molecule has 0 aromatic rings. The minimum atomic E-state index is -0.168. The molecule has 5 nitrogen and oxygen atoms in total. The van der Waals surface area contributed by atoms with Gasteiger partial charge in [0, 0.05) is 31.7 Å². The number of hydrazine groups is 1. The molecule has 3 N–H and O–H groups in total. The highest BCUT2D eigenvalue weighted by Gasteiger charge is 2.31. The lowest BCUT2D eigenvalue weighted by Gasteiger charge is -2.44. The molecule has 0 aromatic carbocycles. The van der Waals surface area contributed by atoms with Crippen LogP contribution in [0.5, 0.6) is 0 Å². The van der Waals surface area contributed by atoms with E-state index in [-0.39, 0.29) is 17.7 Å². The first-order valence-corrected chi connectivity index (χ1v) is 7.57. The second kappa shape index (κ2) is 6.50. The molecule has 2 aliphatic rings. The topological polar surface area (TPSA) is 59.0 Å². The van der Waals surface area contributed by atoms with E-state index >= 15 is 0 Å². The van der Waals surface area contributed by atoms with Gasteiger partial charge in [0.1, 0.15) is 0 Å². The molecule has 2 fully saturated rings. The maximum Gasteiger partial charge on any atom is 0.0667 e. The van der Waals surface area contributed by atoms with Crippen molar-refractivity contribution in [3.63, 3.8) is 0 Å². The van der Waals surface area contributed by atoms with Gasteiger partial charge in [0.25, 0.3) is 0 Å². The van der Waals surface area contributed by atoms with E-state index in [2.05, 4.69) is 29.2 Å². The number of nitrogens with one attached hydrogen (secondary N) is 1. The number of nitrogens with zero attached hydrogens (tertiary/aromatic N) is 2. The lowest BCUT2D eigenvalue weighted by Crippen LogP contribution is -2.58. The molecule has 112 valence electrons. The second-order valence-corrected chi connectivity index (χ2v) is 6.61. The van der Waals surface area contributed by atoms with E-state index in [1.54, 1.807) is 0 Å². The van der Waals surface area contributed by atoms with Crippen molar-refractivity contribution in [3.8, 4) is 0 Å². The van der Waals surface area contributed by atoms with Crippen LogP contribution in [-0.2, 0) is 0 Å². The first-order chi connectivity index (χ1) is 8.97. The molecule has 0 saturated carbocycles. The Balaban J connectivity index is 1.76. The van der Waals surface area contributed by atoms with Gasteiger partial charge >= 0.3 is 0 Å². The molecule has 2 rings (SSSR count). The van der Waals surface area contributed by atoms with Gasteiger partial charge in [-0.1, -0.05) is 0 Å². The number of aliphatic hydroxyl groups excluding tert-OH is 2. The minimum Gasteiger partial charge on any atom is -0.393 e. The van der Waals surface area contributed by atoms with Gasteiger partial charge in [0.2, 0.25) is 0 Å². The van der Waals surface area contributed by atoms with E-state index in [1.165, 1.54) is 0 Å². The monoisotopic (exact) mass is 271 g/mol. The van der Waals surface area contributed by atoms with Crippen molar-refractivity contribution in [1.29, 1.82) is 0 Å². The van der Waals surface area contributed by atoms with Crippen LogP contribution in [-0.4, -0.2) is 70.6 Å². The molecule has 2 heterocycles. The Morgan fingerprint density at radius 3 is 2.37 bits per heavy atom. The summed E-state index contributed by atoms with van der Waals surface area (Å²) in [5, 5.41) is 21.5. The average molecular weight is 271 g/mol. The summed E-state index contributed by atoms with van der Waals surface area (Å²) in [6.07, 6.45) is 3.44. The molecule has 0 aliphatic carbocycles. The standard InChI is InChI=1S/C14H29N3O2/c1-14(2,16-7-3-4-13(19)10-16)11-15-17-8-5-12(18)6-9-17/h12-13,15,18-19H,3-11H2,1-2H3. The summed E-state index contributed by atoms with van der Waals surface area (Å²) in [6, 6.07) is 0. The van der Waals surface area contributed by atoms with Crippen LogP contribution in [0.25, 0.3) is 0 Å². The zero-order chi connectivity index (χ0) is 13.9. The fraction of sp³-hybridized carbons (Fsp3) is 1.00. The van der Waals surface area contributed by atoms with Gasteiger partial charge in [0.05, 0.1) is 12.2 Å². The molecular formula is C14H29N3O2. The summed E-state index contributed by atoms with van der Waals surface area (Å²) in [7, 11) is 0. The van der Waals surface area contributed by atoms with Crippen LogP contribution in [0.2, 0.25) is 0 Å². The molecule has 0 aromatic heterocycles. The number of rotatable bonds is 4. The van der Waals surface area contributed by atoms with Gasteiger partial charge in [0.15, 0.2) is 0 Å². The van der Waals surface area contributed by atoms with Crippen molar-refractivity contribution in [3.05, 3.63) is 0 Å². The Kier molecular flexibility index (Phi) is 5.20. The highest BCUT2D eigenvalue weighted by Crippen LogP contribution is 2.20. The van der Waals surface area contributed by atoms with Gasteiger partial charge in [-0.3, -0.25) is 10.3 Å². The minimum absolute atomic E-state index is 0.0530. The normalized spacial score (nSPS) is 28.7. The van der Waals surface area contributed by atoms with Crippen LogP contribution in [0.15, 0.2) is 0 Å². The van der Waals surface area contributed by atoms with Crippen molar-refractivity contribution in [2.75, 3.05) is 32.7 Å². The van der Waals surface area contributed by atoms with E-state index < -0.39 is 0 Å². The zero-order valence-corrected chi connectivity index (χ0v) is 12.3. The second-order valence-electron chi connectivity index (χ2n) is 6.61. The van der Waals surface area contributed by atoms with Gasteiger partial charge < -0.3 is 10.2 Å². The SMILES string of the molecule is CC(C)(CNN1CCC(O)CC1)N1CCCC(O)C1. The molecule has 2 saturated heterocycles. The third kappa shape index (κ3) is 4.39. The summed E-state index contributed by atoms with van der Waals surface area (Å²) < 4.78 is 0. The van der Waals surface area contributed by atoms with Gasteiger partial charge in [-0.05, 0) is 46.1 Å². The molecule has 1 atom stereocenters. The van der Waals surface area contributed by atoms with E-state index in [4.69, 9.17) is 0 Å². The molecule has 19 heavy (non-hydrogen) atoms. The van der Waals surface area contributed by atoms with Crippen molar-refractivity contribution in [2.24, 2.45) is 0 Å². The smallest absolute Gasteiger partial charge is 0.0667 e. The number of likely N-dealkylation sites (tertiary alicyclic amines) is 1. The molecule has 0 amide bonds. The average Bonchev–Trinajstić information content (AvgIpc) is 2.38. The molecule has 0 radical (unpaired) electrons. The number of aliphatic hydroxyl groups is 2. The molecule has 1 unspecified atom stereocenters. The summed E-state index contributed by atoms with van der Waals surface area (Å²) in [5.74, 6) is 0. The maximum atomic E-state index is 9.79. The van der Waals surface area contributed by atoms with Gasteiger partial charge in [-0.2, -0.15) is 0 Å². The van der Waals surface area contributed by atoms with Crippen molar-refractivity contribution >= 4 is 0 Å². The lowest BCUT2D eigenvalue weighted by atomic mass is 9.97.